The van der Waals surface area contributed by atoms with Crippen LogP contribution in [-0.4, -0.2) is 48.6 Å². The van der Waals surface area contributed by atoms with Gasteiger partial charge in [0.05, 0.1) is 23.7 Å². The van der Waals surface area contributed by atoms with Crippen LogP contribution in [0.25, 0.3) is 22.3 Å². The first-order valence-electron chi connectivity index (χ1n) is 9.47. The number of aromatic nitrogens is 5. The molecule has 0 saturated carbocycles. The number of amides is 1. The van der Waals surface area contributed by atoms with Gasteiger partial charge in [-0.3, -0.25) is 9.48 Å². The summed E-state index contributed by atoms with van der Waals surface area (Å²) in [7, 11) is 0. The van der Waals surface area contributed by atoms with E-state index < -0.39 is 5.54 Å². The molecule has 4 aromatic rings. The summed E-state index contributed by atoms with van der Waals surface area (Å²) in [5.41, 5.74) is 8.29. The van der Waals surface area contributed by atoms with E-state index in [1.165, 1.54) is 6.33 Å². The first-order valence-corrected chi connectivity index (χ1v) is 9.47. The molecule has 148 valence electrons. The Morgan fingerprint density at radius 2 is 2.03 bits per heavy atom. The molecule has 0 bridgehead atoms. The normalized spacial score (nSPS) is 15.0. The number of hydrogen-bond acceptors (Lipinski definition) is 6. The molecule has 30 heavy (non-hydrogen) atoms. The lowest BCUT2D eigenvalue weighted by Crippen LogP contribution is -2.64. The Kier molecular flexibility index (Phi) is 3.99. The summed E-state index contributed by atoms with van der Waals surface area (Å²) in [6, 6.07) is 13.2. The Balaban J connectivity index is 1.47. The summed E-state index contributed by atoms with van der Waals surface area (Å²) in [6.45, 7) is 0.774. The molecule has 0 spiro atoms. The van der Waals surface area contributed by atoms with Crippen molar-refractivity contribution in [3.05, 3.63) is 60.7 Å². The number of nitrogens with zero attached hydrogens (tertiary/aromatic N) is 6. The Morgan fingerprint density at radius 1 is 1.23 bits per heavy atom. The number of aromatic amines is 1. The number of nitriles is 1. The van der Waals surface area contributed by atoms with Gasteiger partial charge in [-0.25, -0.2) is 9.97 Å². The van der Waals surface area contributed by atoms with Gasteiger partial charge in [0.1, 0.15) is 17.5 Å². The molecule has 0 aliphatic carbocycles. The number of nitrogens with one attached hydrogen (secondary N) is 1. The molecule has 1 fully saturated rings. The van der Waals surface area contributed by atoms with Crippen LogP contribution in [0.4, 0.5) is 5.82 Å². The second-order valence-electron chi connectivity index (χ2n) is 7.42. The SMILES string of the molecule is N#CCC1(n2cc(-c3ncnc4[nH]ccc34)c(N)n2)CN(C(=O)c2ccccc2)C1. The molecule has 9 heteroatoms. The van der Waals surface area contributed by atoms with Crippen molar-refractivity contribution in [2.24, 2.45) is 0 Å². The molecule has 3 aromatic heterocycles. The minimum Gasteiger partial charge on any atom is -0.382 e. The zero-order chi connectivity index (χ0) is 20.7. The molecule has 1 amide bonds. The van der Waals surface area contributed by atoms with E-state index >= 15 is 0 Å². The van der Waals surface area contributed by atoms with Gasteiger partial charge in [0.15, 0.2) is 5.82 Å². The molecular formula is C21H18N8O. The third kappa shape index (κ3) is 2.69. The second kappa shape index (κ2) is 6.70. The van der Waals surface area contributed by atoms with Gasteiger partial charge in [0, 0.05) is 36.4 Å². The first kappa shape index (κ1) is 17.9. The third-order valence-corrected chi connectivity index (χ3v) is 5.52. The average Bonchev–Trinajstić information content (AvgIpc) is 3.37. The molecule has 4 heterocycles. The largest absolute Gasteiger partial charge is 0.382 e. The zero-order valence-corrected chi connectivity index (χ0v) is 16.0. The second-order valence-corrected chi connectivity index (χ2v) is 7.42. The van der Waals surface area contributed by atoms with Crippen LogP contribution in [0.3, 0.4) is 0 Å². The van der Waals surface area contributed by atoms with Crippen LogP contribution in [-0.2, 0) is 5.54 Å². The predicted octanol–water partition coefficient (Wildman–Crippen LogP) is 2.17. The molecule has 0 atom stereocenters. The minimum absolute atomic E-state index is 0.0608. The Hall–Kier alpha value is -4.19. The van der Waals surface area contributed by atoms with Crippen LogP contribution in [0, 0.1) is 11.3 Å². The number of rotatable bonds is 4. The highest BCUT2D eigenvalue weighted by atomic mass is 16.2. The smallest absolute Gasteiger partial charge is 0.254 e. The van der Waals surface area contributed by atoms with E-state index in [1.807, 2.05) is 30.5 Å². The zero-order valence-electron chi connectivity index (χ0n) is 16.0. The number of nitrogen functional groups attached to an aromatic ring is 1. The summed E-state index contributed by atoms with van der Waals surface area (Å²) in [4.78, 5) is 26.1. The number of benzene rings is 1. The monoisotopic (exact) mass is 398 g/mol. The van der Waals surface area contributed by atoms with E-state index in [0.717, 1.165) is 5.39 Å². The summed E-state index contributed by atoms with van der Waals surface area (Å²) in [5.74, 6) is 0.260. The highest BCUT2D eigenvalue weighted by molar-refractivity contribution is 5.95. The molecule has 1 saturated heterocycles. The summed E-state index contributed by atoms with van der Waals surface area (Å²) >= 11 is 0. The van der Waals surface area contributed by atoms with E-state index in [-0.39, 0.29) is 12.3 Å². The standard InChI is InChI=1S/C21H18N8O/c22-8-7-21(11-28(12-21)20(30)14-4-2-1-3-5-14)29-10-16(18(23)27-29)17-15-6-9-24-19(15)26-13-25-17/h1-6,9-10,13H,7,11-12H2,(H2,23,27)(H,24,25,26). The van der Waals surface area contributed by atoms with Crippen LogP contribution in [0.5, 0.6) is 0 Å². The van der Waals surface area contributed by atoms with Crippen LogP contribution < -0.4 is 5.73 Å². The minimum atomic E-state index is -0.615. The van der Waals surface area contributed by atoms with Crippen molar-refractivity contribution in [2.75, 3.05) is 18.8 Å². The third-order valence-electron chi connectivity index (χ3n) is 5.52. The summed E-state index contributed by atoms with van der Waals surface area (Å²) in [5, 5.41) is 14.8. The fourth-order valence-corrected chi connectivity index (χ4v) is 3.96. The van der Waals surface area contributed by atoms with Gasteiger partial charge in [-0.05, 0) is 18.2 Å². The molecule has 5 rings (SSSR count). The Labute approximate surface area is 171 Å². The molecule has 0 radical (unpaired) electrons. The van der Waals surface area contributed by atoms with Crippen molar-refractivity contribution in [1.29, 1.82) is 5.26 Å². The molecule has 1 aliphatic heterocycles. The molecule has 1 aliphatic rings. The molecule has 3 N–H and O–H groups in total. The van der Waals surface area contributed by atoms with E-state index in [9.17, 15) is 10.1 Å². The van der Waals surface area contributed by atoms with Crippen molar-refractivity contribution in [3.8, 4) is 17.3 Å². The molecule has 9 nitrogen and oxygen atoms in total. The van der Waals surface area contributed by atoms with Crippen LogP contribution in [0.1, 0.15) is 16.8 Å². The lowest BCUT2D eigenvalue weighted by Gasteiger charge is -2.49. The van der Waals surface area contributed by atoms with Crippen LogP contribution >= 0.6 is 0 Å². The van der Waals surface area contributed by atoms with Crippen molar-refractivity contribution in [1.82, 2.24) is 29.6 Å². The summed E-state index contributed by atoms with van der Waals surface area (Å²) < 4.78 is 1.72. The quantitative estimate of drug-likeness (QED) is 0.542. The van der Waals surface area contributed by atoms with Crippen molar-refractivity contribution < 1.29 is 4.79 Å². The fraction of sp³-hybridized carbons (Fsp3) is 0.190. The number of hydrogen-bond donors (Lipinski definition) is 2. The summed E-state index contributed by atoms with van der Waals surface area (Å²) in [6.07, 6.45) is 5.29. The van der Waals surface area contributed by atoms with Gasteiger partial charge in [-0.2, -0.15) is 10.4 Å². The van der Waals surface area contributed by atoms with Gasteiger partial charge in [0.25, 0.3) is 5.91 Å². The number of H-pyrrole nitrogens is 1. The van der Waals surface area contributed by atoms with Gasteiger partial charge in [-0.15, -0.1) is 0 Å². The number of nitrogens with two attached hydrogens (primary N) is 1. The highest BCUT2D eigenvalue weighted by Gasteiger charge is 2.48. The number of fused-ring (bicyclic) bond motifs is 1. The Morgan fingerprint density at radius 3 is 2.80 bits per heavy atom. The van der Waals surface area contributed by atoms with Gasteiger partial charge < -0.3 is 15.6 Å². The Bertz CT molecular complexity index is 1280. The molecular weight excluding hydrogens is 380 g/mol. The first-order chi connectivity index (χ1) is 14.6. The van der Waals surface area contributed by atoms with Crippen molar-refractivity contribution in [3.63, 3.8) is 0 Å². The van der Waals surface area contributed by atoms with E-state index in [4.69, 9.17) is 5.73 Å². The lowest BCUT2D eigenvalue weighted by atomic mass is 9.86. The van der Waals surface area contributed by atoms with Gasteiger partial charge >= 0.3 is 0 Å². The maximum Gasteiger partial charge on any atom is 0.254 e. The van der Waals surface area contributed by atoms with Crippen LogP contribution in [0.15, 0.2) is 55.1 Å². The van der Waals surface area contributed by atoms with E-state index in [0.29, 0.717) is 41.4 Å². The average molecular weight is 398 g/mol. The van der Waals surface area contributed by atoms with Gasteiger partial charge in [0.2, 0.25) is 0 Å². The lowest BCUT2D eigenvalue weighted by molar-refractivity contribution is 0.00873. The number of anilines is 1. The van der Waals surface area contributed by atoms with Gasteiger partial charge in [-0.1, -0.05) is 18.2 Å². The molecule has 1 aromatic carbocycles. The molecule has 0 unspecified atom stereocenters. The van der Waals surface area contributed by atoms with Crippen molar-refractivity contribution >= 4 is 22.8 Å². The van der Waals surface area contributed by atoms with E-state index in [1.54, 1.807) is 27.9 Å². The fourth-order valence-electron chi connectivity index (χ4n) is 3.96. The number of likely N-dealkylation sites (tertiary alicyclic amines) is 1. The topological polar surface area (TPSA) is 130 Å². The van der Waals surface area contributed by atoms with E-state index in [2.05, 4.69) is 26.1 Å². The maximum absolute atomic E-state index is 12.7. The van der Waals surface area contributed by atoms with Crippen LogP contribution in [0.2, 0.25) is 0 Å². The highest BCUT2D eigenvalue weighted by Crippen LogP contribution is 2.37. The number of carbonyl (C=O) groups excluding carboxylic acids is 1. The number of carbonyl (C=O) groups is 1. The predicted molar refractivity (Wildman–Crippen MR) is 110 cm³/mol. The van der Waals surface area contributed by atoms with Crippen molar-refractivity contribution in [2.45, 2.75) is 12.0 Å². The maximum atomic E-state index is 12.7.